The molecular formula is C25H22F3N5O. The molecule has 5 rings (SSSR count). The first-order valence-electron chi connectivity index (χ1n) is 10.9. The number of para-hydroxylation sites is 1. The van der Waals surface area contributed by atoms with E-state index in [1.807, 2.05) is 49.4 Å². The average Bonchev–Trinajstić information content (AvgIpc) is 3.27. The van der Waals surface area contributed by atoms with Crippen LogP contribution in [0.1, 0.15) is 21.6 Å². The van der Waals surface area contributed by atoms with E-state index in [1.54, 1.807) is 17.0 Å². The van der Waals surface area contributed by atoms with Crippen LogP contribution in [0.4, 0.5) is 18.9 Å². The summed E-state index contributed by atoms with van der Waals surface area (Å²) in [5.41, 5.74) is 1.73. The summed E-state index contributed by atoms with van der Waals surface area (Å²) in [6.07, 6.45) is -3.48. The standard InChI is InChI=1S/C25H22F3N5O/c1-17-7-9-18(10-8-17)21-15-22(25(26,27)28)33-23(30-21)20(16-29-33)24(34)32-13-11-31(12-14-32)19-5-3-2-4-6-19/h2-10,15-16H,11-14H2,1H3. The number of piperazine rings is 1. The van der Waals surface area contributed by atoms with Gasteiger partial charge in [-0.1, -0.05) is 48.0 Å². The van der Waals surface area contributed by atoms with Gasteiger partial charge in [0.1, 0.15) is 5.56 Å². The van der Waals surface area contributed by atoms with Gasteiger partial charge in [0.05, 0.1) is 11.9 Å². The van der Waals surface area contributed by atoms with E-state index >= 15 is 0 Å². The zero-order chi connectivity index (χ0) is 23.9. The minimum atomic E-state index is -4.66. The fourth-order valence-corrected chi connectivity index (χ4v) is 4.16. The molecule has 1 saturated heterocycles. The second-order valence-corrected chi connectivity index (χ2v) is 8.30. The molecule has 174 valence electrons. The van der Waals surface area contributed by atoms with Gasteiger partial charge in [0.25, 0.3) is 5.91 Å². The second kappa shape index (κ2) is 8.48. The lowest BCUT2D eigenvalue weighted by Gasteiger charge is -2.36. The van der Waals surface area contributed by atoms with E-state index in [0.29, 0.717) is 36.3 Å². The lowest BCUT2D eigenvalue weighted by Crippen LogP contribution is -2.48. The first kappa shape index (κ1) is 21.9. The van der Waals surface area contributed by atoms with E-state index in [9.17, 15) is 18.0 Å². The highest BCUT2D eigenvalue weighted by Crippen LogP contribution is 2.33. The Bertz CT molecular complexity index is 1320. The van der Waals surface area contributed by atoms with Crippen molar-refractivity contribution in [2.75, 3.05) is 31.1 Å². The zero-order valence-corrected chi connectivity index (χ0v) is 18.5. The van der Waals surface area contributed by atoms with Gasteiger partial charge < -0.3 is 9.80 Å². The molecule has 2 aromatic heterocycles. The van der Waals surface area contributed by atoms with E-state index in [-0.39, 0.29) is 22.8 Å². The van der Waals surface area contributed by atoms with Gasteiger partial charge >= 0.3 is 6.18 Å². The molecule has 4 aromatic rings. The van der Waals surface area contributed by atoms with Crippen LogP contribution in [0.3, 0.4) is 0 Å². The van der Waals surface area contributed by atoms with Gasteiger partial charge in [-0.05, 0) is 25.1 Å². The largest absolute Gasteiger partial charge is 0.433 e. The van der Waals surface area contributed by atoms with Gasteiger partial charge in [-0.15, -0.1) is 0 Å². The van der Waals surface area contributed by atoms with Crippen molar-refractivity contribution in [1.82, 2.24) is 19.5 Å². The fraction of sp³-hybridized carbons (Fsp3) is 0.240. The molecule has 0 radical (unpaired) electrons. The molecule has 9 heteroatoms. The van der Waals surface area contributed by atoms with Crippen LogP contribution in [0.2, 0.25) is 0 Å². The van der Waals surface area contributed by atoms with Crippen LogP contribution in [0.15, 0.2) is 66.9 Å². The summed E-state index contributed by atoms with van der Waals surface area (Å²) in [4.78, 5) is 21.6. The Hall–Kier alpha value is -3.88. The molecule has 6 nitrogen and oxygen atoms in total. The van der Waals surface area contributed by atoms with Crippen LogP contribution in [0.5, 0.6) is 0 Å². The van der Waals surface area contributed by atoms with Crippen molar-refractivity contribution in [3.63, 3.8) is 0 Å². The summed E-state index contributed by atoms with van der Waals surface area (Å²) in [6.45, 7) is 4.06. The van der Waals surface area contributed by atoms with Gasteiger partial charge in [0.2, 0.25) is 0 Å². The normalized spacial score (nSPS) is 14.6. The molecule has 0 saturated carbocycles. The van der Waals surface area contributed by atoms with E-state index in [0.717, 1.165) is 17.3 Å². The number of hydrogen-bond donors (Lipinski definition) is 0. The van der Waals surface area contributed by atoms with E-state index in [2.05, 4.69) is 15.0 Å². The summed E-state index contributed by atoms with van der Waals surface area (Å²) >= 11 is 0. The van der Waals surface area contributed by atoms with Crippen molar-refractivity contribution in [2.24, 2.45) is 0 Å². The van der Waals surface area contributed by atoms with Gasteiger partial charge in [-0.3, -0.25) is 4.79 Å². The predicted octanol–water partition coefficient (Wildman–Crippen LogP) is 4.69. The Balaban J connectivity index is 1.48. The van der Waals surface area contributed by atoms with Gasteiger partial charge in [0.15, 0.2) is 11.3 Å². The zero-order valence-electron chi connectivity index (χ0n) is 18.5. The summed E-state index contributed by atoms with van der Waals surface area (Å²) < 4.78 is 42.3. The number of fused-ring (bicyclic) bond motifs is 1. The van der Waals surface area contributed by atoms with Crippen molar-refractivity contribution >= 4 is 17.2 Å². The number of carbonyl (C=O) groups is 1. The molecule has 0 bridgehead atoms. The SMILES string of the molecule is Cc1ccc(-c2cc(C(F)(F)F)n3ncc(C(=O)N4CCN(c5ccccc5)CC4)c3n2)cc1. The van der Waals surface area contributed by atoms with Gasteiger partial charge in [0, 0.05) is 37.4 Å². The highest BCUT2D eigenvalue weighted by molar-refractivity contribution is 6.00. The van der Waals surface area contributed by atoms with E-state index < -0.39 is 11.9 Å². The summed E-state index contributed by atoms with van der Waals surface area (Å²) in [6, 6.07) is 17.9. The van der Waals surface area contributed by atoms with Crippen LogP contribution in [-0.2, 0) is 6.18 Å². The number of anilines is 1. The minimum absolute atomic E-state index is 0.0626. The Morgan fingerprint density at radius 2 is 1.62 bits per heavy atom. The third-order valence-corrected chi connectivity index (χ3v) is 6.03. The minimum Gasteiger partial charge on any atom is -0.368 e. The highest BCUT2D eigenvalue weighted by Gasteiger charge is 2.36. The third-order valence-electron chi connectivity index (χ3n) is 6.03. The lowest BCUT2D eigenvalue weighted by atomic mass is 10.1. The molecule has 1 aliphatic heterocycles. The lowest BCUT2D eigenvalue weighted by molar-refractivity contribution is -0.142. The maximum Gasteiger partial charge on any atom is 0.433 e. The molecule has 0 spiro atoms. The number of carbonyl (C=O) groups excluding carboxylic acids is 1. The Morgan fingerprint density at radius 3 is 2.26 bits per heavy atom. The molecule has 1 fully saturated rings. The maximum absolute atomic E-state index is 13.9. The Morgan fingerprint density at radius 1 is 0.941 bits per heavy atom. The van der Waals surface area contributed by atoms with Crippen molar-refractivity contribution in [3.05, 3.63) is 83.7 Å². The molecule has 1 aliphatic rings. The van der Waals surface area contributed by atoms with Crippen LogP contribution in [0.25, 0.3) is 16.9 Å². The van der Waals surface area contributed by atoms with Crippen LogP contribution in [0, 0.1) is 6.92 Å². The Labute approximate surface area is 194 Å². The third kappa shape index (κ3) is 4.09. The van der Waals surface area contributed by atoms with Gasteiger partial charge in [-0.2, -0.15) is 18.3 Å². The molecule has 0 aliphatic carbocycles. The summed E-state index contributed by atoms with van der Waals surface area (Å²) in [5, 5.41) is 3.89. The number of halogens is 3. The smallest absolute Gasteiger partial charge is 0.368 e. The second-order valence-electron chi connectivity index (χ2n) is 8.30. The van der Waals surface area contributed by atoms with Crippen molar-refractivity contribution in [3.8, 4) is 11.3 Å². The number of rotatable bonds is 3. The first-order chi connectivity index (χ1) is 16.3. The predicted molar refractivity (Wildman–Crippen MR) is 123 cm³/mol. The molecule has 0 N–H and O–H groups in total. The molecule has 0 atom stereocenters. The van der Waals surface area contributed by atoms with Crippen molar-refractivity contribution in [1.29, 1.82) is 0 Å². The van der Waals surface area contributed by atoms with Crippen LogP contribution < -0.4 is 4.90 Å². The number of aromatic nitrogens is 3. The fourth-order valence-electron chi connectivity index (χ4n) is 4.16. The van der Waals surface area contributed by atoms with Crippen molar-refractivity contribution < 1.29 is 18.0 Å². The number of aryl methyl sites for hydroxylation is 1. The molecule has 1 amide bonds. The topological polar surface area (TPSA) is 53.7 Å². The van der Waals surface area contributed by atoms with Crippen LogP contribution >= 0.6 is 0 Å². The van der Waals surface area contributed by atoms with E-state index in [1.165, 1.54) is 6.20 Å². The number of benzene rings is 2. The number of amides is 1. The molecule has 2 aromatic carbocycles. The molecule has 34 heavy (non-hydrogen) atoms. The maximum atomic E-state index is 13.9. The number of hydrogen-bond acceptors (Lipinski definition) is 4. The number of nitrogens with zero attached hydrogens (tertiary/aromatic N) is 5. The Kier molecular flexibility index (Phi) is 5.47. The quantitative estimate of drug-likeness (QED) is 0.441. The highest BCUT2D eigenvalue weighted by atomic mass is 19.4. The van der Waals surface area contributed by atoms with E-state index in [4.69, 9.17) is 0 Å². The summed E-state index contributed by atoms with van der Waals surface area (Å²) in [7, 11) is 0. The van der Waals surface area contributed by atoms with Gasteiger partial charge in [-0.25, -0.2) is 9.50 Å². The van der Waals surface area contributed by atoms with Crippen molar-refractivity contribution in [2.45, 2.75) is 13.1 Å². The summed E-state index contributed by atoms with van der Waals surface area (Å²) in [5.74, 6) is -0.371. The van der Waals surface area contributed by atoms with Crippen LogP contribution in [-0.4, -0.2) is 51.6 Å². The first-order valence-corrected chi connectivity index (χ1v) is 10.9. The average molecular weight is 465 g/mol. The molecule has 3 heterocycles. The molecular weight excluding hydrogens is 443 g/mol. The number of alkyl halides is 3. The monoisotopic (exact) mass is 465 g/mol. The molecule has 0 unspecified atom stereocenters.